The summed E-state index contributed by atoms with van der Waals surface area (Å²) in [6.45, 7) is 0. The average molecular weight is 300 g/mol. The first kappa shape index (κ1) is 13.5. The minimum absolute atomic E-state index is 0.406. The minimum atomic E-state index is 0.406. The Labute approximate surface area is 127 Å². The fourth-order valence-corrected chi connectivity index (χ4v) is 2.57. The Morgan fingerprint density at radius 3 is 2.43 bits per heavy atom. The summed E-state index contributed by atoms with van der Waals surface area (Å²) in [7, 11) is 1.63. The van der Waals surface area contributed by atoms with Gasteiger partial charge in [-0.1, -0.05) is 41.9 Å². The number of methoxy groups -OCH3 is 1. The molecular weight excluding hydrogens is 286 g/mol. The Morgan fingerprint density at radius 1 is 1.05 bits per heavy atom. The molecule has 1 heterocycles. The van der Waals surface area contributed by atoms with E-state index in [-0.39, 0.29) is 0 Å². The predicted molar refractivity (Wildman–Crippen MR) is 85.4 cm³/mol. The van der Waals surface area contributed by atoms with Crippen LogP contribution in [0.15, 0.2) is 48.5 Å². The highest BCUT2D eigenvalue weighted by atomic mass is 35.5. The summed E-state index contributed by atoms with van der Waals surface area (Å²) >= 11 is 6.29. The number of para-hydroxylation sites is 1. The van der Waals surface area contributed by atoms with Crippen LogP contribution in [0.4, 0.5) is 5.82 Å². The molecule has 0 unspecified atom stereocenters. The zero-order chi connectivity index (χ0) is 14.8. The number of hydrogen-bond acceptors (Lipinski definition) is 3. The lowest BCUT2D eigenvalue weighted by molar-refractivity contribution is 0.416. The van der Waals surface area contributed by atoms with Crippen LogP contribution in [0.5, 0.6) is 5.75 Å². The second-order valence-corrected chi connectivity index (χ2v) is 4.95. The Kier molecular flexibility index (Phi) is 3.54. The third-order valence-corrected chi connectivity index (χ3v) is 3.64. The topological polar surface area (TPSA) is 63.9 Å². The Balaban J connectivity index is 2.25. The normalized spacial score (nSPS) is 10.6. The van der Waals surface area contributed by atoms with Gasteiger partial charge in [-0.3, -0.25) is 5.10 Å². The van der Waals surface area contributed by atoms with Gasteiger partial charge >= 0.3 is 0 Å². The van der Waals surface area contributed by atoms with Crippen LogP contribution in [0.1, 0.15) is 0 Å². The third-order valence-electron chi connectivity index (χ3n) is 3.31. The largest absolute Gasteiger partial charge is 0.496 e. The van der Waals surface area contributed by atoms with E-state index in [2.05, 4.69) is 10.2 Å². The second-order valence-electron chi connectivity index (χ2n) is 4.54. The molecule has 3 N–H and O–H groups in total. The van der Waals surface area contributed by atoms with Gasteiger partial charge < -0.3 is 10.5 Å². The van der Waals surface area contributed by atoms with E-state index in [1.807, 2.05) is 48.5 Å². The lowest BCUT2D eigenvalue weighted by Gasteiger charge is -2.10. The highest BCUT2D eigenvalue weighted by Gasteiger charge is 2.19. The van der Waals surface area contributed by atoms with E-state index >= 15 is 0 Å². The van der Waals surface area contributed by atoms with Crippen molar-refractivity contribution < 1.29 is 4.74 Å². The van der Waals surface area contributed by atoms with Crippen molar-refractivity contribution in [3.8, 4) is 28.1 Å². The SMILES string of the molecule is COc1ccccc1-c1[nH]nc(N)c1-c1ccccc1Cl. The predicted octanol–water partition coefficient (Wildman–Crippen LogP) is 3.99. The van der Waals surface area contributed by atoms with Crippen molar-refractivity contribution >= 4 is 17.4 Å². The van der Waals surface area contributed by atoms with Gasteiger partial charge in [0.25, 0.3) is 0 Å². The molecule has 3 rings (SSSR count). The summed E-state index contributed by atoms with van der Waals surface area (Å²) in [4.78, 5) is 0. The Hall–Kier alpha value is -2.46. The third kappa shape index (κ3) is 2.34. The molecule has 1 aromatic heterocycles. The number of nitrogens with two attached hydrogens (primary N) is 1. The molecule has 0 saturated carbocycles. The molecule has 0 fully saturated rings. The number of rotatable bonds is 3. The molecule has 0 bridgehead atoms. The number of ether oxygens (including phenoxy) is 1. The monoisotopic (exact) mass is 299 g/mol. The van der Waals surface area contributed by atoms with E-state index < -0.39 is 0 Å². The molecule has 2 aromatic carbocycles. The van der Waals surface area contributed by atoms with Crippen molar-refractivity contribution in [1.29, 1.82) is 0 Å². The quantitative estimate of drug-likeness (QED) is 0.768. The number of H-pyrrole nitrogens is 1. The van der Waals surface area contributed by atoms with Crippen LogP contribution in [0.25, 0.3) is 22.4 Å². The summed E-state index contributed by atoms with van der Waals surface area (Å²) in [5.74, 6) is 1.15. The molecule has 3 aromatic rings. The number of aromatic amines is 1. The highest BCUT2D eigenvalue weighted by molar-refractivity contribution is 6.33. The molecule has 106 valence electrons. The van der Waals surface area contributed by atoms with Crippen molar-refractivity contribution in [1.82, 2.24) is 10.2 Å². The standard InChI is InChI=1S/C16H14ClN3O/c1-21-13-9-5-3-7-11(13)15-14(16(18)20-19-15)10-6-2-4-8-12(10)17/h2-9H,1H3,(H3,18,19,20). The number of hydrogen-bond donors (Lipinski definition) is 2. The fraction of sp³-hybridized carbons (Fsp3) is 0.0625. The lowest BCUT2D eigenvalue weighted by Crippen LogP contribution is -1.91. The van der Waals surface area contributed by atoms with Crippen molar-refractivity contribution in [3.63, 3.8) is 0 Å². The first-order valence-electron chi connectivity index (χ1n) is 6.44. The number of halogens is 1. The van der Waals surface area contributed by atoms with Gasteiger partial charge in [0.05, 0.1) is 18.4 Å². The van der Waals surface area contributed by atoms with E-state index in [0.717, 1.165) is 28.1 Å². The maximum Gasteiger partial charge on any atom is 0.153 e. The summed E-state index contributed by atoms with van der Waals surface area (Å²) in [6, 6.07) is 15.2. The number of benzene rings is 2. The zero-order valence-electron chi connectivity index (χ0n) is 11.4. The van der Waals surface area contributed by atoms with Crippen LogP contribution >= 0.6 is 11.6 Å². The summed E-state index contributed by atoms with van der Waals surface area (Å²) in [5.41, 5.74) is 9.33. The summed E-state index contributed by atoms with van der Waals surface area (Å²) in [6.07, 6.45) is 0. The van der Waals surface area contributed by atoms with Gasteiger partial charge in [-0.05, 0) is 18.2 Å². The number of aromatic nitrogens is 2. The first-order valence-corrected chi connectivity index (χ1v) is 6.82. The first-order chi connectivity index (χ1) is 10.2. The van der Waals surface area contributed by atoms with Crippen molar-refractivity contribution in [2.24, 2.45) is 0 Å². The van der Waals surface area contributed by atoms with Gasteiger partial charge in [0.15, 0.2) is 5.82 Å². The van der Waals surface area contributed by atoms with Gasteiger partial charge in [0.2, 0.25) is 0 Å². The molecule has 0 saturated heterocycles. The Bertz CT molecular complexity index is 783. The lowest BCUT2D eigenvalue weighted by atomic mass is 10.00. The van der Waals surface area contributed by atoms with E-state index in [9.17, 15) is 0 Å². The highest BCUT2D eigenvalue weighted by Crippen LogP contribution is 2.40. The fourth-order valence-electron chi connectivity index (χ4n) is 2.34. The number of nitrogens with one attached hydrogen (secondary N) is 1. The molecule has 0 aliphatic heterocycles. The Morgan fingerprint density at radius 2 is 1.71 bits per heavy atom. The molecule has 0 spiro atoms. The van der Waals surface area contributed by atoms with Gasteiger partial charge in [0, 0.05) is 16.1 Å². The van der Waals surface area contributed by atoms with E-state index in [4.69, 9.17) is 22.1 Å². The molecule has 21 heavy (non-hydrogen) atoms. The molecule has 4 nitrogen and oxygen atoms in total. The molecule has 0 atom stereocenters. The van der Waals surface area contributed by atoms with E-state index in [1.165, 1.54) is 0 Å². The molecule has 0 aliphatic carbocycles. The molecule has 0 aliphatic rings. The van der Waals surface area contributed by atoms with Crippen LogP contribution in [0, 0.1) is 0 Å². The maximum atomic E-state index is 6.29. The summed E-state index contributed by atoms with van der Waals surface area (Å²) in [5, 5.41) is 7.73. The van der Waals surface area contributed by atoms with Gasteiger partial charge in [-0.25, -0.2) is 0 Å². The van der Waals surface area contributed by atoms with Gasteiger partial charge in [-0.15, -0.1) is 0 Å². The molecule has 0 amide bonds. The zero-order valence-corrected chi connectivity index (χ0v) is 12.2. The van der Waals surface area contributed by atoms with Crippen molar-refractivity contribution in [2.75, 3.05) is 12.8 Å². The number of nitrogen functional groups attached to an aromatic ring is 1. The average Bonchev–Trinajstić information content (AvgIpc) is 2.89. The number of anilines is 1. The number of nitrogens with zero attached hydrogens (tertiary/aromatic N) is 1. The molecule has 5 heteroatoms. The summed E-state index contributed by atoms with van der Waals surface area (Å²) < 4.78 is 5.41. The van der Waals surface area contributed by atoms with Crippen LogP contribution in [-0.4, -0.2) is 17.3 Å². The van der Waals surface area contributed by atoms with Crippen molar-refractivity contribution in [3.05, 3.63) is 53.6 Å². The van der Waals surface area contributed by atoms with Crippen molar-refractivity contribution in [2.45, 2.75) is 0 Å². The van der Waals surface area contributed by atoms with Gasteiger partial charge in [-0.2, -0.15) is 5.10 Å². The van der Waals surface area contributed by atoms with Gasteiger partial charge in [0.1, 0.15) is 5.75 Å². The van der Waals surface area contributed by atoms with E-state index in [1.54, 1.807) is 7.11 Å². The molecule has 0 radical (unpaired) electrons. The van der Waals surface area contributed by atoms with E-state index in [0.29, 0.717) is 10.8 Å². The minimum Gasteiger partial charge on any atom is -0.496 e. The van der Waals surface area contributed by atoms with Crippen LogP contribution in [0.2, 0.25) is 5.02 Å². The van der Waals surface area contributed by atoms with Crippen LogP contribution in [-0.2, 0) is 0 Å². The smallest absolute Gasteiger partial charge is 0.153 e. The second kappa shape index (κ2) is 5.50. The maximum absolute atomic E-state index is 6.29. The van der Waals surface area contributed by atoms with Crippen LogP contribution < -0.4 is 10.5 Å². The molecular formula is C16H14ClN3O. The van der Waals surface area contributed by atoms with Crippen LogP contribution in [0.3, 0.4) is 0 Å².